The molecule has 0 nitrogen and oxygen atoms in total. The third kappa shape index (κ3) is 2.22. The Balaban J connectivity index is 2.19. The second kappa shape index (κ2) is 5.11. The molecule has 0 radical (unpaired) electrons. The average Bonchev–Trinajstić information content (AvgIpc) is 2.68. The molecule has 0 amide bonds. The molecule has 0 heterocycles. The Hall–Kier alpha value is -0.520. The predicted molar refractivity (Wildman–Crippen MR) is 85.0 cm³/mol. The Kier molecular flexibility index (Phi) is 4.00. The van der Waals surface area contributed by atoms with Crippen LogP contribution in [0.2, 0.25) is 0 Å². The molecule has 0 aliphatic heterocycles. The lowest BCUT2D eigenvalue weighted by Gasteiger charge is -2.28. The molecule has 108 valence electrons. The molecule has 0 bridgehead atoms. The molecule has 0 heteroatoms. The number of hydrogen-bond donors (Lipinski definition) is 0. The minimum absolute atomic E-state index is 0.782. The first-order chi connectivity index (χ1) is 8.77. The van der Waals surface area contributed by atoms with Crippen LogP contribution < -0.4 is 0 Å². The van der Waals surface area contributed by atoms with Crippen molar-refractivity contribution in [1.82, 2.24) is 0 Å². The molecule has 2 aliphatic rings. The fourth-order valence-corrected chi connectivity index (χ4v) is 4.63. The fraction of sp³-hybridized carbons (Fsp3) is 0.789. The van der Waals surface area contributed by atoms with Gasteiger partial charge in [0, 0.05) is 0 Å². The molecular formula is C19H32. The van der Waals surface area contributed by atoms with E-state index in [1.54, 1.807) is 22.3 Å². The first-order valence-electron chi connectivity index (χ1n) is 8.11. The van der Waals surface area contributed by atoms with E-state index in [9.17, 15) is 0 Å². The van der Waals surface area contributed by atoms with Crippen molar-refractivity contribution in [2.45, 2.75) is 61.8 Å². The smallest absolute Gasteiger partial charge is 0.0166 e. The van der Waals surface area contributed by atoms with E-state index in [0.717, 1.165) is 35.5 Å². The van der Waals surface area contributed by atoms with Crippen molar-refractivity contribution in [2.24, 2.45) is 35.5 Å². The summed E-state index contributed by atoms with van der Waals surface area (Å²) in [5.74, 6) is 4.85. The van der Waals surface area contributed by atoms with Crippen LogP contribution in [0, 0.1) is 35.5 Å². The van der Waals surface area contributed by atoms with E-state index in [2.05, 4.69) is 55.4 Å². The van der Waals surface area contributed by atoms with E-state index in [4.69, 9.17) is 0 Å². The van der Waals surface area contributed by atoms with E-state index in [0.29, 0.717) is 0 Å². The van der Waals surface area contributed by atoms with Crippen molar-refractivity contribution in [1.29, 1.82) is 0 Å². The minimum atomic E-state index is 0.782. The SMILES string of the molecule is CC1=C(C)[C@H](C[C@H]2C(C)=C(C)[C@@H](C)C2C)C(C)C1C. The Morgan fingerprint density at radius 1 is 0.579 bits per heavy atom. The zero-order valence-electron chi connectivity index (χ0n) is 14.2. The van der Waals surface area contributed by atoms with Gasteiger partial charge < -0.3 is 0 Å². The topological polar surface area (TPSA) is 0 Å². The lowest BCUT2D eigenvalue weighted by Crippen LogP contribution is -2.20. The number of rotatable bonds is 2. The molecule has 0 spiro atoms. The van der Waals surface area contributed by atoms with E-state index in [1.165, 1.54) is 6.42 Å². The highest BCUT2D eigenvalue weighted by Gasteiger charge is 2.39. The molecule has 0 saturated heterocycles. The first kappa shape index (κ1) is 14.9. The first-order valence-corrected chi connectivity index (χ1v) is 8.11. The van der Waals surface area contributed by atoms with Crippen molar-refractivity contribution in [2.75, 3.05) is 0 Å². The maximum absolute atomic E-state index is 2.46. The van der Waals surface area contributed by atoms with Gasteiger partial charge in [-0.1, -0.05) is 50.0 Å². The largest absolute Gasteiger partial charge is 0.0710 e. The van der Waals surface area contributed by atoms with Crippen molar-refractivity contribution >= 4 is 0 Å². The zero-order chi connectivity index (χ0) is 14.5. The Morgan fingerprint density at radius 3 is 1.11 bits per heavy atom. The summed E-state index contributed by atoms with van der Waals surface area (Å²) < 4.78 is 0. The van der Waals surface area contributed by atoms with Crippen molar-refractivity contribution in [3.8, 4) is 0 Å². The van der Waals surface area contributed by atoms with Crippen LogP contribution in [0.1, 0.15) is 61.8 Å². The molecule has 0 aromatic rings. The fourth-order valence-electron chi connectivity index (χ4n) is 4.63. The van der Waals surface area contributed by atoms with Crippen LogP contribution in [-0.2, 0) is 0 Å². The van der Waals surface area contributed by atoms with E-state index in [1.807, 2.05) is 0 Å². The Labute approximate surface area is 120 Å². The van der Waals surface area contributed by atoms with Crippen LogP contribution in [0.25, 0.3) is 0 Å². The van der Waals surface area contributed by atoms with Crippen LogP contribution >= 0.6 is 0 Å². The normalized spacial score (nSPS) is 43.6. The summed E-state index contributed by atoms with van der Waals surface area (Å²) in [7, 11) is 0. The summed E-state index contributed by atoms with van der Waals surface area (Å²) in [5.41, 5.74) is 6.71. The lowest BCUT2D eigenvalue weighted by molar-refractivity contribution is 0.267. The highest BCUT2D eigenvalue weighted by molar-refractivity contribution is 5.28. The third-order valence-electron chi connectivity index (χ3n) is 7.08. The molecule has 6 atom stereocenters. The number of hydrogen-bond acceptors (Lipinski definition) is 0. The monoisotopic (exact) mass is 260 g/mol. The van der Waals surface area contributed by atoms with Gasteiger partial charge in [0.05, 0.1) is 0 Å². The van der Waals surface area contributed by atoms with Gasteiger partial charge in [-0.3, -0.25) is 0 Å². The number of allylic oxidation sites excluding steroid dienone is 4. The average molecular weight is 260 g/mol. The standard InChI is InChI=1S/C19H32/c1-10-11(2)15(6)18(14(10)5)9-19-16(7)12(3)13(4)17(19)8/h10,12,14,16,18-19H,9H2,1-8H3/t10-,12?,14?,16?,18-,19-/m1/s1. The molecule has 3 unspecified atom stereocenters. The van der Waals surface area contributed by atoms with Crippen LogP contribution in [-0.4, -0.2) is 0 Å². The molecular weight excluding hydrogens is 228 g/mol. The Morgan fingerprint density at radius 2 is 0.895 bits per heavy atom. The highest BCUT2D eigenvalue weighted by atomic mass is 14.4. The highest BCUT2D eigenvalue weighted by Crippen LogP contribution is 2.50. The molecule has 0 fully saturated rings. The van der Waals surface area contributed by atoms with Gasteiger partial charge in [0.2, 0.25) is 0 Å². The Bertz CT molecular complexity index is 383. The molecule has 2 rings (SSSR count). The molecule has 0 N–H and O–H groups in total. The van der Waals surface area contributed by atoms with E-state index in [-0.39, 0.29) is 0 Å². The summed E-state index contributed by atoms with van der Waals surface area (Å²) in [6, 6.07) is 0. The van der Waals surface area contributed by atoms with Gasteiger partial charge in [0.15, 0.2) is 0 Å². The van der Waals surface area contributed by atoms with Crippen LogP contribution in [0.3, 0.4) is 0 Å². The second-order valence-electron chi connectivity index (χ2n) is 7.48. The minimum Gasteiger partial charge on any atom is -0.0710 e. The molecule has 0 saturated carbocycles. The summed E-state index contributed by atoms with van der Waals surface area (Å²) >= 11 is 0. The van der Waals surface area contributed by atoms with E-state index >= 15 is 0 Å². The van der Waals surface area contributed by atoms with Gasteiger partial charge in [-0.2, -0.15) is 0 Å². The van der Waals surface area contributed by atoms with Gasteiger partial charge in [-0.25, -0.2) is 0 Å². The second-order valence-corrected chi connectivity index (χ2v) is 7.48. The summed E-state index contributed by atoms with van der Waals surface area (Å²) in [6.45, 7) is 19.2. The molecule has 19 heavy (non-hydrogen) atoms. The van der Waals surface area contributed by atoms with Gasteiger partial charge >= 0.3 is 0 Å². The van der Waals surface area contributed by atoms with E-state index < -0.39 is 0 Å². The summed E-state index contributed by atoms with van der Waals surface area (Å²) in [6.07, 6.45) is 1.38. The summed E-state index contributed by atoms with van der Waals surface area (Å²) in [5, 5.41) is 0. The van der Waals surface area contributed by atoms with Gasteiger partial charge in [0.1, 0.15) is 0 Å². The van der Waals surface area contributed by atoms with Gasteiger partial charge in [-0.05, 0) is 69.6 Å². The van der Waals surface area contributed by atoms with Crippen LogP contribution in [0.5, 0.6) is 0 Å². The van der Waals surface area contributed by atoms with Crippen molar-refractivity contribution < 1.29 is 0 Å². The van der Waals surface area contributed by atoms with Crippen molar-refractivity contribution in [3.63, 3.8) is 0 Å². The van der Waals surface area contributed by atoms with Gasteiger partial charge in [-0.15, -0.1) is 0 Å². The van der Waals surface area contributed by atoms with Gasteiger partial charge in [0.25, 0.3) is 0 Å². The molecule has 2 aliphatic carbocycles. The summed E-state index contributed by atoms with van der Waals surface area (Å²) in [4.78, 5) is 0. The molecule has 0 aromatic heterocycles. The molecule has 0 aromatic carbocycles. The quantitative estimate of drug-likeness (QED) is 0.546. The third-order valence-corrected chi connectivity index (χ3v) is 7.08. The zero-order valence-corrected chi connectivity index (χ0v) is 14.2. The predicted octanol–water partition coefficient (Wildman–Crippen LogP) is 5.85. The maximum atomic E-state index is 2.46. The van der Waals surface area contributed by atoms with Crippen molar-refractivity contribution in [3.05, 3.63) is 22.3 Å². The van der Waals surface area contributed by atoms with Crippen LogP contribution in [0.4, 0.5) is 0 Å². The maximum Gasteiger partial charge on any atom is -0.0166 e. The lowest BCUT2D eigenvalue weighted by atomic mass is 9.76. The van der Waals surface area contributed by atoms with Crippen LogP contribution in [0.15, 0.2) is 22.3 Å².